The van der Waals surface area contributed by atoms with Gasteiger partial charge in [-0.15, -0.1) is 0 Å². The molecule has 1 radical (unpaired) electrons. The van der Waals surface area contributed by atoms with Gasteiger partial charge in [0, 0.05) is 50.7 Å². The fourth-order valence-corrected chi connectivity index (χ4v) is 8.40. The summed E-state index contributed by atoms with van der Waals surface area (Å²) >= 11 is 0. The molecule has 0 unspecified atom stereocenters. The molecule has 36 heavy (non-hydrogen) atoms. The summed E-state index contributed by atoms with van der Waals surface area (Å²) in [6.45, 7) is 2.27. The fraction of sp³-hybridized carbons (Fsp3) is 0.962. The maximum absolute atomic E-state index is 12.6. The first kappa shape index (κ1) is 21.1. The molecule has 4 fully saturated rings. The van der Waals surface area contributed by atoms with Crippen molar-refractivity contribution in [3.8, 4) is 0 Å². The molecular formula is C26H45NNaO7S. The second-order valence-corrected chi connectivity index (χ2v) is 12.8. The Hall–Kier alpha value is 0.260. The Balaban J connectivity index is 0.00000529. The van der Waals surface area contributed by atoms with Gasteiger partial charge < -0.3 is 20.6 Å². The number of carbonyl (C=O) groups is 1. The molecule has 0 bridgehead atoms. The van der Waals surface area contributed by atoms with Gasteiger partial charge >= 0.3 is 0 Å². The molecule has 5 N–H and O–H groups in total. The second kappa shape index (κ2) is 11.4. The molecule has 203 valence electrons. The maximum Gasteiger partial charge on any atom is 0.266 e. The van der Waals surface area contributed by atoms with Crippen LogP contribution in [0.15, 0.2) is 0 Å². The van der Waals surface area contributed by atoms with Gasteiger partial charge in [0.05, 0.1) is 26.8 Å². The van der Waals surface area contributed by atoms with E-state index >= 15 is 0 Å². The molecule has 0 aromatic heterocycles. The van der Waals surface area contributed by atoms with E-state index in [0.29, 0.717) is 12.8 Å². The Kier molecular flexibility index (Phi) is 6.67. The van der Waals surface area contributed by atoms with Gasteiger partial charge in [0.15, 0.2) is 0 Å². The van der Waals surface area contributed by atoms with Gasteiger partial charge in [0.25, 0.3) is 10.1 Å². The van der Waals surface area contributed by atoms with Crippen molar-refractivity contribution in [1.29, 1.82) is 0 Å². The van der Waals surface area contributed by atoms with Gasteiger partial charge in [0.1, 0.15) is 0 Å². The Bertz CT molecular complexity index is 1230. The van der Waals surface area contributed by atoms with Gasteiger partial charge in [-0.2, -0.15) is 8.42 Å². The molecule has 0 saturated heterocycles. The monoisotopic (exact) mass is 546 g/mol. The molecule has 4 rings (SSSR count). The minimum Gasteiger partial charge on any atom is -0.393 e. The first-order valence-electron chi connectivity index (χ1n) is 16.6. The van der Waals surface area contributed by atoms with Crippen molar-refractivity contribution in [1.82, 2.24) is 5.32 Å². The van der Waals surface area contributed by atoms with Crippen LogP contribution in [0.1, 0.15) is 89.4 Å². The predicted molar refractivity (Wildman–Crippen MR) is 138 cm³/mol. The van der Waals surface area contributed by atoms with Crippen LogP contribution in [0, 0.1) is 46.3 Å². The van der Waals surface area contributed by atoms with E-state index in [1.54, 1.807) is 5.32 Å². The number of nitrogens with one attached hydrogen (secondary N) is 1. The zero-order valence-electron chi connectivity index (χ0n) is 29.6. The van der Waals surface area contributed by atoms with Gasteiger partial charge in [-0.25, -0.2) is 0 Å². The van der Waals surface area contributed by atoms with Crippen LogP contribution in [0.5, 0.6) is 0 Å². The maximum atomic E-state index is 12.6. The molecule has 4 saturated carbocycles. The first-order chi connectivity index (χ1) is 19.3. The first-order valence-corrected chi connectivity index (χ1v) is 14.0. The summed E-state index contributed by atoms with van der Waals surface area (Å²) in [6, 6.07) is 0. The van der Waals surface area contributed by atoms with Crippen molar-refractivity contribution in [2.75, 3.05) is 12.2 Å². The van der Waals surface area contributed by atoms with E-state index in [2.05, 4.69) is 0 Å². The number of carbonyl (C=O) groups excluding carboxylic acids is 1. The average molecular weight is 547 g/mol. The standard InChI is InChI=1S/C26H45NO7S.Na/c1-15(4-7-23(31)27-10-11-35(32,33)34)18-5-6-19-24-20(14-22(30)26(18,19)3)25(2)9-8-17(28)12-16(25)13-21(24)29;/h15-22,24,28-30H,4-14H2,1-3H3,(H,27,31)(H,32,33,34);/t15-,16+,17-,18-,19+,20+,21-,22+,24+,25+,26-;/m1./s1/i8D2,10D2,11D2,12D2;. The number of fused-ring (bicyclic) bond motifs is 5. The molecule has 0 aromatic rings. The van der Waals surface area contributed by atoms with Crippen LogP contribution in [0.4, 0.5) is 0 Å². The predicted octanol–water partition coefficient (Wildman–Crippen LogP) is 1.99. The van der Waals surface area contributed by atoms with Crippen molar-refractivity contribution in [3.05, 3.63) is 0 Å². The molecule has 11 atom stereocenters. The molecule has 0 heterocycles. The largest absolute Gasteiger partial charge is 0.393 e. The van der Waals surface area contributed by atoms with Crippen LogP contribution in [0.3, 0.4) is 0 Å². The minimum atomic E-state index is -5.48. The molecule has 1 amide bonds. The number of amides is 1. The SMILES string of the molecule is [2H]C1([2H])C[C@@]2(C)[C@H](C[C@@H](O)[C@@H]3[C@@H]2C[C@H](O)[C@]2(C)[C@@H]([C@H](C)CCC(=O)NC([2H])([2H])C([2H])([2H])S(=O)(=O)O)CC[C@@H]32)C([2H])([2H])[C@@H]1O.[Na]. The molecule has 4 aliphatic carbocycles. The van der Waals surface area contributed by atoms with Crippen molar-refractivity contribution < 1.29 is 44.1 Å². The second-order valence-electron chi connectivity index (χ2n) is 11.7. The van der Waals surface area contributed by atoms with Gasteiger partial charge in [-0.05, 0) is 97.6 Å². The molecule has 0 aliphatic heterocycles. The van der Waals surface area contributed by atoms with E-state index in [1.165, 1.54) is 0 Å². The number of aliphatic hydroxyl groups is 3. The van der Waals surface area contributed by atoms with Crippen LogP contribution in [-0.2, 0) is 14.9 Å². The molecule has 10 heteroatoms. The van der Waals surface area contributed by atoms with E-state index in [0.717, 1.165) is 0 Å². The molecule has 0 aromatic carbocycles. The van der Waals surface area contributed by atoms with Crippen molar-refractivity contribution >= 4 is 45.6 Å². The Labute approximate surface area is 249 Å². The Morgan fingerprint density at radius 2 is 1.89 bits per heavy atom. The molecule has 4 aliphatic rings. The van der Waals surface area contributed by atoms with Crippen LogP contribution in [0.2, 0.25) is 0 Å². The third-order valence-electron chi connectivity index (χ3n) is 10.0. The zero-order chi connectivity index (χ0) is 32.9. The third kappa shape index (κ3) is 5.74. The smallest absolute Gasteiger partial charge is 0.266 e. The summed E-state index contributed by atoms with van der Waals surface area (Å²) in [4.78, 5) is 12.6. The van der Waals surface area contributed by atoms with E-state index < -0.39 is 76.0 Å². The summed E-state index contributed by atoms with van der Waals surface area (Å²) in [7, 11) is -5.48. The van der Waals surface area contributed by atoms with Gasteiger partial charge in [0.2, 0.25) is 5.91 Å². The van der Waals surface area contributed by atoms with Crippen LogP contribution >= 0.6 is 0 Å². The summed E-state index contributed by atoms with van der Waals surface area (Å²) < 4.78 is 96.1. The van der Waals surface area contributed by atoms with E-state index in [9.17, 15) is 28.5 Å². The minimum absolute atomic E-state index is 0. The fourth-order valence-electron chi connectivity index (χ4n) is 8.22. The summed E-state index contributed by atoms with van der Waals surface area (Å²) in [6.07, 6.45) is -6.62. The molecule has 0 spiro atoms. The van der Waals surface area contributed by atoms with E-state index in [-0.39, 0.29) is 91.3 Å². The van der Waals surface area contributed by atoms with Gasteiger partial charge in [-0.3, -0.25) is 9.35 Å². The number of hydrogen-bond donors (Lipinski definition) is 5. The molecular weight excluding hydrogens is 493 g/mol. The quantitative estimate of drug-likeness (QED) is 0.243. The van der Waals surface area contributed by atoms with E-state index in [4.69, 9.17) is 15.5 Å². The van der Waals surface area contributed by atoms with Crippen LogP contribution < -0.4 is 5.32 Å². The van der Waals surface area contributed by atoms with E-state index in [1.807, 2.05) is 20.8 Å². The summed E-state index contributed by atoms with van der Waals surface area (Å²) in [5.74, 6) is -2.93. The zero-order valence-corrected chi connectivity index (χ0v) is 24.4. The van der Waals surface area contributed by atoms with Crippen molar-refractivity contribution in [2.45, 2.75) is 96.8 Å². The average Bonchev–Trinajstić information content (AvgIpc) is 3.21. The number of aliphatic hydroxyl groups excluding tert-OH is 3. The number of rotatable bonds is 7. The Morgan fingerprint density at radius 3 is 2.56 bits per heavy atom. The summed E-state index contributed by atoms with van der Waals surface area (Å²) in [5, 5.41) is 35.5. The third-order valence-corrected chi connectivity index (χ3v) is 10.4. The van der Waals surface area contributed by atoms with Crippen LogP contribution in [-0.4, -0.2) is 94.3 Å². The Morgan fingerprint density at radius 1 is 1.19 bits per heavy atom. The van der Waals surface area contributed by atoms with Crippen molar-refractivity contribution in [3.63, 3.8) is 0 Å². The van der Waals surface area contributed by atoms with Crippen LogP contribution in [0.25, 0.3) is 0 Å². The number of hydrogen-bond acceptors (Lipinski definition) is 6. The normalized spacial score (nSPS) is 51.9. The van der Waals surface area contributed by atoms with Crippen molar-refractivity contribution in [2.24, 2.45) is 46.3 Å². The van der Waals surface area contributed by atoms with Gasteiger partial charge in [-0.1, -0.05) is 20.8 Å². The molecule has 8 nitrogen and oxygen atoms in total. The summed E-state index contributed by atoms with van der Waals surface area (Å²) in [5.41, 5.74) is -5.38. The topological polar surface area (TPSA) is 144 Å².